The molecule has 0 spiro atoms. The first-order valence-electron chi connectivity index (χ1n) is 7.08. The molecule has 1 aliphatic heterocycles. The highest BCUT2D eigenvalue weighted by molar-refractivity contribution is 6.45. The molecule has 5 amide bonds. The van der Waals surface area contributed by atoms with Gasteiger partial charge in [-0.15, -0.1) is 0 Å². The second-order valence-corrected chi connectivity index (χ2v) is 5.16. The first kappa shape index (κ1) is 16.6. The van der Waals surface area contributed by atoms with Crippen LogP contribution in [0.5, 0.6) is 0 Å². The Labute approximate surface area is 132 Å². The number of urea groups is 1. The van der Waals surface area contributed by atoms with Crippen molar-refractivity contribution in [3.05, 3.63) is 29.6 Å². The minimum Gasteiger partial charge on any atom is -0.322 e. The fourth-order valence-electron chi connectivity index (χ4n) is 2.17. The van der Waals surface area contributed by atoms with E-state index in [9.17, 15) is 23.6 Å². The lowest BCUT2D eigenvalue weighted by molar-refractivity contribution is -0.143. The summed E-state index contributed by atoms with van der Waals surface area (Å²) in [6.45, 7) is 2.91. The zero-order valence-electron chi connectivity index (χ0n) is 12.8. The van der Waals surface area contributed by atoms with Gasteiger partial charge in [-0.3, -0.25) is 19.3 Å². The van der Waals surface area contributed by atoms with E-state index in [1.165, 1.54) is 12.1 Å². The van der Waals surface area contributed by atoms with E-state index in [0.29, 0.717) is 16.9 Å². The molecule has 0 aliphatic carbocycles. The van der Waals surface area contributed by atoms with Crippen LogP contribution in [0.15, 0.2) is 18.2 Å². The smallest absolute Gasteiger partial charge is 0.322 e. The van der Waals surface area contributed by atoms with Gasteiger partial charge in [-0.05, 0) is 31.0 Å². The van der Waals surface area contributed by atoms with Crippen LogP contribution in [0.25, 0.3) is 0 Å². The second kappa shape index (κ2) is 6.55. The molecule has 8 heteroatoms. The van der Waals surface area contributed by atoms with Crippen LogP contribution in [0.2, 0.25) is 0 Å². The molecule has 0 unspecified atom stereocenters. The van der Waals surface area contributed by atoms with E-state index < -0.39 is 36.1 Å². The number of anilines is 1. The van der Waals surface area contributed by atoms with Gasteiger partial charge in [0, 0.05) is 6.54 Å². The Balaban J connectivity index is 2.06. The molecule has 1 heterocycles. The summed E-state index contributed by atoms with van der Waals surface area (Å²) in [7, 11) is 0. The number of hydrogen-bond donors (Lipinski definition) is 1. The topological polar surface area (TPSA) is 86.8 Å². The molecule has 0 bridgehead atoms. The number of rotatable bonds is 5. The molecule has 2 rings (SSSR count). The predicted molar refractivity (Wildman–Crippen MR) is 78.9 cm³/mol. The van der Waals surface area contributed by atoms with Gasteiger partial charge >= 0.3 is 17.8 Å². The first-order valence-corrected chi connectivity index (χ1v) is 7.08. The normalized spacial score (nSPS) is 14.7. The number of hydrogen-bond acceptors (Lipinski definition) is 4. The Bertz CT molecular complexity index is 689. The zero-order valence-corrected chi connectivity index (χ0v) is 12.8. The van der Waals surface area contributed by atoms with Gasteiger partial charge in [-0.25, -0.2) is 14.1 Å². The number of imide groups is 2. The van der Waals surface area contributed by atoms with Gasteiger partial charge < -0.3 is 5.32 Å². The van der Waals surface area contributed by atoms with Gasteiger partial charge in [-0.2, -0.15) is 0 Å². The molecule has 0 aromatic heterocycles. The molecule has 1 fully saturated rings. The van der Waals surface area contributed by atoms with Crippen LogP contribution >= 0.6 is 0 Å². The lowest BCUT2D eigenvalue weighted by atomic mass is 10.2. The van der Waals surface area contributed by atoms with Crippen molar-refractivity contribution in [2.24, 2.45) is 0 Å². The number of nitrogens with zero attached hydrogens (tertiary/aromatic N) is 2. The number of aryl methyl sites for hydroxylation is 1. The van der Waals surface area contributed by atoms with Crippen LogP contribution in [0.1, 0.15) is 18.9 Å². The maximum atomic E-state index is 13.7. The minimum atomic E-state index is -1.05. The van der Waals surface area contributed by atoms with E-state index in [1.54, 1.807) is 19.9 Å². The summed E-state index contributed by atoms with van der Waals surface area (Å²) in [5, 5.41) is 2.28. The summed E-state index contributed by atoms with van der Waals surface area (Å²) in [5.74, 6) is -3.39. The zero-order chi connectivity index (χ0) is 17.1. The molecule has 0 radical (unpaired) electrons. The van der Waals surface area contributed by atoms with Gasteiger partial charge in [0.05, 0.1) is 5.69 Å². The number of carbonyl (C=O) groups is 4. The van der Waals surface area contributed by atoms with E-state index >= 15 is 0 Å². The van der Waals surface area contributed by atoms with Crippen molar-refractivity contribution >= 4 is 29.4 Å². The third kappa shape index (κ3) is 3.36. The molecule has 1 aromatic rings. The predicted octanol–water partition coefficient (Wildman–Crippen LogP) is 1.27. The molecule has 1 aliphatic rings. The summed E-state index contributed by atoms with van der Waals surface area (Å²) in [6, 6.07) is 3.40. The standard InChI is InChI=1S/C15H16FN3O4/c1-3-6-18-13(21)14(22)19(15(18)23)8-12(20)17-11-5-4-9(2)7-10(11)16/h4-5,7H,3,6,8H2,1-2H3,(H,17,20). The Morgan fingerprint density at radius 1 is 1.17 bits per heavy atom. The van der Waals surface area contributed by atoms with E-state index in [4.69, 9.17) is 0 Å². The Morgan fingerprint density at radius 3 is 2.43 bits per heavy atom. The fourth-order valence-corrected chi connectivity index (χ4v) is 2.17. The SMILES string of the molecule is CCCN1C(=O)C(=O)N(CC(=O)Nc2ccc(C)cc2F)C1=O. The van der Waals surface area contributed by atoms with Crippen LogP contribution in [0, 0.1) is 12.7 Å². The third-order valence-corrected chi connectivity index (χ3v) is 3.28. The van der Waals surface area contributed by atoms with Crippen molar-refractivity contribution in [3.8, 4) is 0 Å². The molecule has 1 saturated heterocycles. The van der Waals surface area contributed by atoms with Crippen LogP contribution in [-0.4, -0.2) is 46.6 Å². The third-order valence-electron chi connectivity index (χ3n) is 3.28. The fraction of sp³-hybridized carbons (Fsp3) is 0.333. The molecule has 122 valence electrons. The molecule has 1 aromatic carbocycles. The number of amides is 5. The largest absolute Gasteiger partial charge is 0.334 e. The van der Waals surface area contributed by atoms with E-state index in [2.05, 4.69) is 5.32 Å². The van der Waals surface area contributed by atoms with E-state index in [1.807, 2.05) is 0 Å². The summed E-state index contributed by atoms with van der Waals surface area (Å²) < 4.78 is 13.7. The van der Waals surface area contributed by atoms with Gasteiger partial charge in [0.2, 0.25) is 5.91 Å². The van der Waals surface area contributed by atoms with Gasteiger partial charge in [-0.1, -0.05) is 13.0 Å². The highest BCUT2D eigenvalue weighted by Crippen LogP contribution is 2.16. The maximum Gasteiger partial charge on any atom is 0.334 e. The molecular formula is C15H16FN3O4. The average Bonchev–Trinajstić information content (AvgIpc) is 2.68. The van der Waals surface area contributed by atoms with Gasteiger partial charge in [0.15, 0.2) is 0 Å². The monoisotopic (exact) mass is 321 g/mol. The van der Waals surface area contributed by atoms with Crippen molar-refractivity contribution < 1.29 is 23.6 Å². The van der Waals surface area contributed by atoms with Crippen molar-refractivity contribution in [1.29, 1.82) is 0 Å². The molecule has 0 saturated carbocycles. The Hall–Kier alpha value is -2.77. The van der Waals surface area contributed by atoms with Crippen molar-refractivity contribution in [2.45, 2.75) is 20.3 Å². The summed E-state index contributed by atoms with van der Waals surface area (Å²) in [4.78, 5) is 48.7. The minimum absolute atomic E-state index is 0.0589. The van der Waals surface area contributed by atoms with Crippen molar-refractivity contribution in [3.63, 3.8) is 0 Å². The van der Waals surface area contributed by atoms with Crippen LogP contribution in [0.4, 0.5) is 14.9 Å². The highest BCUT2D eigenvalue weighted by atomic mass is 19.1. The van der Waals surface area contributed by atoms with Gasteiger partial charge in [0.25, 0.3) is 0 Å². The quantitative estimate of drug-likeness (QED) is 0.653. The molecule has 7 nitrogen and oxygen atoms in total. The molecule has 0 atom stereocenters. The average molecular weight is 321 g/mol. The number of benzene rings is 1. The van der Waals surface area contributed by atoms with Gasteiger partial charge in [0.1, 0.15) is 12.4 Å². The Kier molecular flexibility index (Phi) is 4.73. The Morgan fingerprint density at radius 2 is 1.83 bits per heavy atom. The summed E-state index contributed by atoms with van der Waals surface area (Å²) in [6.07, 6.45) is 0.499. The highest BCUT2D eigenvalue weighted by Gasteiger charge is 2.44. The van der Waals surface area contributed by atoms with Crippen molar-refractivity contribution in [1.82, 2.24) is 9.80 Å². The van der Waals surface area contributed by atoms with Crippen LogP contribution in [0.3, 0.4) is 0 Å². The maximum absolute atomic E-state index is 13.7. The number of carbonyl (C=O) groups excluding carboxylic acids is 4. The number of nitrogens with one attached hydrogen (secondary N) is 1. The van der Waals surface area contributed by atoms with Crippen LogP contribution < -0.4 is 5.32 Å². The van der Waals surface area contributed by atoms with Crippen LogP contribution in [-0.2, 0) is 14.4 Å². The summed E-state index contributed by atoms with van der Waals surface area (Å²) in [5.41, 5.74) is 0.627. The second-order valence-electron chi connectivity index (χ2n) is 5.16. The number of halogens is 1. The summed E-state index contributed by atoms with van der Waals surface area (Å²) >= 11 is 0. The first-order chi connectivity index (χ1) is 10.8. The molecular weight excluding hydrogens is 305 g/mol. The lowest BCUT2D eigenvalue weighted by Gasteiger charge is -2.14. The van der Waals surface area contributed by atoms with Crippen molar-refractivity contribution in [2.75, 3.05) is 18.4 Å². The lowest BCUT2D eigenvalue weighted by Crippen LogP contribution is -2.39. The van der Waals surface area contributed by atoms with E-state index in [0.717, 1.165) is 4.90 Å². The molecule has 1 N–H and O–H groups in total. The van der Waals surface area contributed by atoms with E-state index in [-0.39, 0.29) is 12.2 Å². The molecule has 23 heavy (non-hydrogen) atoms.